The van der Waals surface area contributed by atoms with Crippen molar-refractivity contribution in [3.63, 3.8) is 0 Å². The number of hydrogen-bond donors (Lipinski definition) is 2. The third-order valence-corrected chi connectivity index (χ3v) is 2.18. The van der Waals surface area contributed by atoms with E-state index in [0.717, 1.165) is 26.0 Å². The van der Waals surface area contributed by atoms with E-state index in [4.69, 9.17) is 9.84 Å². The van der Waals surface area contributed by atoms with Gasteiger partial charge in [-0.15, -0.1) is 0 Å². The molecule has 0 heterocycles. The van der Waals surface area contributed by atoms with Crippen LogP contribution in [0.25, 0.3) is 0 Å². The van der Waals surface area contributed by atoms with Crippen LogP contribution in [0.5, 0.6) is 0 Å². The summed E-state index contributed by atoms with van der Waals surface area (Å²) < 4.78 is 5.02. The van der Waals surface area contributed by atoms with Crippen LogP contribution in [0.15, 0.2) is 0 Å². The Morgan fingerprint density at radius 2 is 2.08 bits per heavy atom. The van der Waals surface area contributed by atoms with Crippen molar-refractivity contribution >= 4 is 0 Å². The molecule has 2 atom stereocenters. The number of methoxy groups -OCH3 is 1. The predicted molar refractivity (Wildman–Crippen MR) is 54.8 cm³/mol. The van der Waals surface area contributed by atoms with Crippen LogP contribution in [0, 0.1) is 5.92 Å². The van der Waals surface area contributed by atoms with Crippen LogP contribution in [0.4, 0.5) is 0 Å². The molecule has 0 bridgehead atoms. The van der Waals surface area contributed by atoms with Gasteiger partial charge >= 0.3 is 0 Å². The average Bonchev–Trinajstić information content (AvgIpc) is 2.10. The molecule has 0 rings (SSSR count). The highest BCUT2D eigenvalue weighted by atomic mass is 16.5. The summed E-state index contributed by atoms with van der Waals surface area (Å²) in [5.41, 5.74) is 0. The third kappa shape index (κ3) is 8.22. The molecule has 0 aliphatic rings. The van der Waals surface area contributed by atoms with Gasteiger partial charge in [0.15, 0.2) is 0 Å². The number of nitrogens with one attached hydrogen (secondary N) is 1. The molecule has 0 saturated carbocycles. The molecule has 3 nitrogen and oxygen atoms in total. The number of hydrogen-bond acceptors (Lipinski definition) is 3. The smallest absolute Gasteiger partial charge is 0.0636 e. The third-order valence-electron chi connectivity index (χ3n) is 2.18. The zero-order valence-corrected chi connectivity index (χ0v) is 9.05. The average molecular weight is 189 g/mol. The Bertz CT molecular complexity index is 107. The van der Waals surface area contributed by atoms with Gasteiger partial charge < -0.3 is 15.2 Å². The first-order valence-corrected chi connectivity index (χ1v) is 5.08. The van der Waals surface area contributed by atoms with E-state index in [2.05, 4.69) is 12.2 Å². The van der Waals surface area contributed by atoms with Gasteiger partial charge in [0.1, 0.15) is 0 Å². The van der Waals surface area contributed by atoms with Crippen molar-refractivity contribution in [1.82, 2.24) is 5.32 Å². The van der Waals surface area contributed by atoms with Crippen molar-refractivity contribution in [3.05, 3.63) is 0 Å². The minimum absolute atomic E-state index is 0.250. The molecule has 0 saturated heterocycles. The summed E-state index contributed by atoms with van der Waals surface area (Å²) in [6, 6.07) is 0. The van der Waals surface area contributed by atoms with Gasteiger partial charge in [-0.05, 0) is 25.8 Å². The lowest BCUT2D eigenvalue weighted by atomic mass is 10.0. The monoisotopic (exact) mass is 189 g/mol. The molecule has 0 spiro atoms. The zero-order valence-electron chi connectivity index (χ0n) is 9.05. The van der Waals surface area contributed by atoms with Crippen molar-refractivity contribution in [2.24, 2.45) is 5.92 Å². The minimum atomic E-state index is -0.250. The first kappa shape index (κ1) is 12.9. The molecule has 0 aliphatic carbocycles. The summed E-state index contributed by atoms with van der Waals surface area (Å²) in [4.78, 5) is 0. The second-order valence-corrected chi connectivity index (χ2v) is 3.56. The molecule has 13 heavy (non-hydrogen) atoms. The normalized spacial score (nSPS) is 15.7. The summed E-state index contributed by atoms with van der Waals surface area (Å²) in [7, 11) is 1.73. The molecule has 0 radical (unpaired) electrons. The molecule has 0 aromatic rings. The molecule has 0 amide bonds. The first-order valence-electron chi connectivity index (χ1n) is 5.08. The lowest BCUT2D eigenvalue weighted by Crippen LogP contribution is -2.29. The molecular weight excluding hydrogens is 166 g/mol. The van der Waals surface area contributed by atoms with Crippen molar-refractivity contribution in [3.8, 4) is 0 Å². The van der Waals surface area contributed by atoms with Gasteiger partial charge in [-0.3, -0.25) is 0 Å². The van der Waals surface area contributed by atoms with E-state index >= 15 is 0 Å². The number of ether oxygens (including phenoxy) is 1. The first-order chi connectivity index (χ1) is 6.20. The van der Waals surface area contributed by atoms with Gasteiger partial charge in [-0.25, -0.2) is 0 Å². The van der Waals surface area contributed by atoms with E-state index in [-0.39, 0.29) is 6.10 Å². The van der Waals surface area contributed by atoms with Crippen LogP contribution in [-0.4, -0.2) is 38.0 Å². The van der Waals surface area contributed by atoms with Crippen LogP contribution < -0.4 is 5.32 Å². The maximum atomic E-state index is 9.03. The Morgan fingerprint density at radius 1 is 1.38 bits per heavy atom. The van der Waals surface area contributed by atoms with Crippen LogP contribution in [0.2, 0.25) is 0 Å². The quantitative estimate of drug-likeness (QED) is 0.599. The van der Waals surface area contributed by atoms with E-state index in [0.29, 0.717) is 12.5 Å². The Kier molecular flexibility index (Phi) is 8.40. The van der Waals surface area contributed by atoms with Gasteiger partial charge in [-0.2, -0.15) is 0 Å². The van der Waals surface area contributed by atoms with Crippen LogP contribution in [-0.2, 0) is 4.74 Å². The largest absolute Gasteiger partial charge is 0.392 e. The van der Waals surface area contributed by atoms with Gasteiger partial charge in [0, 0.05) is 20.3 Å². The molecule has 0 fully saturated rings. The van der Waals surface area contributed by atoms with Gasteiger partial charge in [0.05, 0.1) is 6.10 Å². The van der Waals surface area contributed by atoms with Crippen molar-refractivity contribution in [2.75, 3.05) is 26.8 Å². The molecule has 2 N–H and O–H groups in total. The standard InChI is InChI=1S/C10H23NO2/c1-4-10(5-6-13-3)8-11-7-9(2)12/h9-12H,4-8H2,1-3H3. The summed E-state index contributed by atoms with van der Waals surface area (Å²) in [6.45, 7) is 6.47. The fourth-order valence-electron chi connectivity index (χ4n) is 1.23. The summed E-state index contributed by atoms with van der Waals surface area (Å²) in [5.74, 6) is 0.665. The fraction of sp³-hybridized carbons (Fsp3) is 1.00. The number of aliphatic hydroxyl groups is 1. The SMILES string of the molecule is CCC(CCOC)CNCC(C)O. The molecule has 3 heteroatoms. The van der Waals surface area contributed by atoms with E-state index in [1.54, 1.807) is 14.0 Å². The second-order valence-electron chi connectivity index (χ2n) is 3.56. The van der Waals surface area contributed by atoms with Crippen molar-refractivity contribution in [2.45, 2.75) is 32.8 Å². The Morgan fingerprint density at radius 3 is 2.54 bits per heavy atom. The van der Waals surface area contributed by atoms with Gasteiger partial charge in [0.25, 0.3) is 0 Å². The predicted octanol–water partition coefficient (Wildman–Crippen LogP) is 1.02. The highest BCUT2D eigenvalue weighted by Gasteiger charge is 2.05. The van der Waals surface area contributed by atoms with E-state index in [1.807, 2.05) is 0 Å². The molecular formula is C10H23NO2. The maximum absolute atomic E-state index is 9.03. The highest BCUT2D eigenvalue weighted by molar-refractivity contribution is 4.62. The van der Waals surface area contributed by atoms with Gasteiger partial charge in [-0.1, -0.05) is 13.3 Å². The van der Waals surface area contributed by atoms with Crippen LogP contribution >= 0.6 is 0 Å². The maximum Gasteiger partial charge on any atom is 0.0636 e. The topological polar surface area (TPSA) is 41.5 Å². The van der Waals surface area contributed by atoms with Crippen molar-refractivity contribution in [1.29, 1.82) is 0 Å². The Labute approximate surface area is 81.5 Å². The Hall–Kier alpha value is -0.120. The van der Waals surface area contributed by atoms with Gasteiger partial charge in [0.2, 0.25) is 0 Å². The fourth-order valence-corrected chi connectivity index (χ4v) is 1.23. The number of aliphatic hydroxyl groups excluding tert-OH is 1. The summed E-state index contributed by atoms with van der Waals surface area (Å²) >= 11 is 0. The van der Waals surface area contributed by atoms with E-state index < -0.39 is 0 Å². The summed E-state index contributed by atoms with van der Waals surface area (Å²) in [5, 5.41) is 12.3. The zero-order chi connectivity index (χ0) is 10.1. The molecule has 0 aromatic carbocycles. The molecule has 2 unspecified atom stereocenters. The van der Waals surface area contributed by atoms with E-state index in [1.165, 1.54) is 0 Å². The second kappa shape index (κ2) is 8.48. The highest BCUT2D eigenvalue weighted by Crippen LogP contribution is 2.06. The molecule has 0 aliphatic heterocycles. The minimum Gasteiger partial charge on any atom is -0.392 e. The molecule has 0 aromatic heterocycles. The summed E-state index contributed by atoms with van der Waals surface area (Å²) in [6.07, 6.45) is 2.01. The lowest BCUT2D eigenvalue weighted by Gasteiger charge is -2.15. The van der Waals surface area contributed by atoms with Crippen LogP contribution in [0.1, 0.15) is 26.7 Å². The lowest BCUT2D eigenvalue weighted by molar-refractivity contribution is 0.168. The number of rotatable bonds is 8. The van der Waals surface area contributed by atoms with E-state index in [9.17, 15) is 0 Å². The Balaban J connectivity index is 3.36. The molecule has 80 valence electrons. The van der Waals surface area contributed by atoms with Crippen molar-refractivity contribution < 1.29 is 9.84 Å². The van der Waals surface area contributed by atoms with Crippen LogP contribution in [0.3, 0.4) is 0 Å².